The number of nitrogens with one attached hydrogen (secondary N) is 1. The second-order valence-electron chi connectivity index (χ2n) is 6.28. The van der Waals surface area contributed by atoms with Gasteiger partial charge in [-0.15, -0.1) is 0 Å². The molecule has 2 unspecified atom stereocenters. The van der Waals surface area contributed by atoms with Crippen LogP contribution in [0.25, 0.3) is 0 Å². The lowest BCUT2D eigenvalue weighted by Crippen LogP contribution is -2.30. The number of rotatable bonds is 4. The van der Waals surface area contributed by atoms with E-state index < -0.39 is 6.10 Å². The number of aliphatic hydroxyl groups is 1. The summed E-state index contributed by atoms with van der Waals surface area (Å²) >= 11 is 0. The molecule has 3 heteroatoms. The van der Waals surface area contributed by atoms with Crippen molar-refractivity contribution in [2.45, 2.75) is 57.1 Å². The fraction of sp³-hybridized carbons (Fsp3) is 0.647. The molecular weight excluding hydrogens is 253 g/mol. The summed E-state index contributed by atoms with van der Waals surface area (Å²) in [5.74, 6) is 0.0993. The smallest absolute Gasteiger partial charge is 0.126 e. The molecule has 0 radical (unpaired) electrons. The number of fused-ring (bicyclic) bond motifs is 1. The van der Waals surface area contributed by atoms with Crippen molar-refractivity contribution in [1.29, 1.82) is 0 Å². The van der Waals surface area contributed by atoms with Crippen molar-refractivity contribution < 1.29 is 9.50 Å². The molecule has 0 spiro atoms. The fourth-order valence-electron chi connectivity index (χ4n) is 3.76. The number of aliphatic hydroxyl groups excluding tert-OH is 1. The molecule has 110 valence electrons. The molecule has 0 heterocycles. The quantitative estimate of drug-likeness (QED) is 0.884. The maximum absolute atomic E-state index is 13.7. The average molecular weight is 277 g/mol. The summed E-state index contributed by atoms with van der Waals surface area (Å²) in [5, 5.41) is 14.0. The first-order valence-corrected chi connectivity index (χ1v) is 7.94. The van der Waals surface area contributed by atoms with Crippen LogP contribution in [0.4, 0.5) is 4.39 Å². The Morgan fingerprint density at radius 3 is 2.80 bits per heavy atom. The molecule has 2 atom stereocenters. The van der Waals surface area contributed by atoms with Gasteiger partial charge in [0.15, 0.2) is 0 Å². The average Bonchev–Trinajstić information content (AvgIpc) is 2.95. The monoisotopic (exact) mass is 277 g/mol. The second-order valence-corrected chi connectivity index (χ2v) is 6.28. The van der Waals surface area contributed by atoms with Gasteiger partial charge in [0.2, 0.25) is 0 Å². The lowest BCUT2D eigenvalue weighted by atomic mass is 9.79. The van der Waals surface area contributed by atoms with Gasteiger partial charge in [-0.2, -0.15) is 0 Å². The lowest BCUT2D eigenvalue weighted by molar-refractivity contribution is 0.0871. The van der Waals surface area contributed by atoms with Crippen LogP contribution in [-0.2, 0) is 6.42 Å². The largest absolute Gasteiger partial charge is 0.388 e. The lowest BCUT2D eigenvalue weighted by Gasteiger charge is -2.30. The van der Waals surface area contributed by atoms with Crippen molar-refractivity contribution in [2.24, 2.45) is 5.92 Å². The highest BCUT2D eigenvalue weighted by Gasteiger charge is 2.29. The minimum atomic E-state index is -0.500. The van der Waals surface area contributed by atoms with Gasteiger partial charge in [-0.1, -0.05) is 25.0 Å². The Morgan fingerprint density at radius 1 is 1.20 bits per heavy atom. The summed E-state index contributed by atoms with van der Waals surface area (Å²) in [7, 11) is 0. The minimum Gasteiger partial charge on any atom is -0.388 e. The van der Waals surface area contributed by atoms with Crippen LogP contribution in [-0.4, -0.2) is 17.7 Å². The predicted molar refractivity (Wildman–Crippen MR) is 78.0 cm³/mol. The van der Waals surface area contributed by atoms with E-state index in [0.29, 0.717) is 6.04 Å². The molecule has 20 heavy (non-hydrogen) atoms. The standard InChI is InChI=1S/C17H24FNO/c18-16-7-3-6-15-14(16)9-8-12(17(15)20)10-11-19-13-4-1-2-5-13/h3,6-7,12-13,17,19-20H,1-2,4-5,8-11H2. The zero-order valence-corrected chi connectivity index (χ0v) is 11.9. The first kappa shape index (κ1) is 14.0. The minimum absolute atomic E-state index is 0.163. The van der Waals surface area contributed by atoms with E-state index in [1.807, 2.05) is 6.07 Å². The van der Waals surface area contributed by atoms with Gasteiger partial charge in [-0.05, 0) is 61.8 Å². The van der Waals surface area contributed by atoms with Crippen LogP contribution in [0.15, 0.2) is 18.2 Å². The normalized spacial score (nSPS) is 26.7. The van der Waals surface area contributed by atoms with E-state index >= 15 is 0 Å². The second kappa shape index (κ2) is 6.23. The van der Waals surface area contributed by atoms with E-state index in [9.17, 15) is 9.50 Å². The number of hydrogen-bond acceptors (Lipinski definition) is 2. The van der Waals surface area contributed by atoms with Gasteiger partial charge in [0.05, 0.1) is 6.10 Å². The van der Waals surface area contributed by atoms with Gasteiger partial charge >= 0.3 is 0 Å². The Morgan fingerprint density at radius 2 is 2.00 bits per heavy atom. The maximum Gasteiger partial charge on any atom is 0.126 e. The fourth-order valence-corrected chi connectivity index (χ4v) is 3.76. The van der Waals surface area contributed by atoms with Gasteiger partial charge in [-0.25, -0.2) is 4.39 Å². The zero-order valence-electron chi connectivity index (χ0n) is 11.9. The Balaban J connectivity index is 1.56. The Bertz CT molecular complexity index is 456. The highest BCUT2D eigenvalue weighted by atomic mass is 19.1. The van der Waals surface area contributed by atoms with Crippen LogP contribution in [0.1, 0.15) is 55.8 Å². The Labute approximate surface area is 120 Å². The van der Waals surface area contributed by atoms with Gasteiger partial charge in [0, 0.05) is 6.04 Å². The summed E-state index contributed by atoms with van der Waals surface area (Å²) in [6.45, 7) is 0.969. The van der Waals surface area contributed by atoms with E-state index in [1.165, 1.54) is 31.7 Å². The molecular formula is C17H24FNO. The molecule has 1 fully saturated rings. The van der Waals surface area contributed by atoms with Gasteiger partial charge in [0.1, 0.15) is 5.82 Å². The highest BCUT2D eigenvalue weighted by molar-refractivity contribution is 5.33. The third kappa shape index (κ3) is 2.89. The SMILES string of the molecule is OC1c2cccc(F)c2CCC1CCNC1CCCC1. The molecule has 0 aromatic heterocycles. The molecule has 3 rings (SSSR count). The maximum atomic E-state index is 13.7. The van der Waals surface area contributed by atoms with Crippen LogP contribution in [0, 0.1) is 11.7 Å². The Kier molecular flexibility index (Phi) is 4.37. The van der Waals surface area contributed by atoms with Crippen LogP contribution >= 0.6 is 0 Å². The first-order valence-electron chi connectivity index (χ1n) is 7.94. The van der Waals surface area contributed by atoms with Gasteiger partial charge in [-0.3, -0.25) is 0 Å². The van der Waals surface area contributed by atoms with E-state index in [-0.39, 0.29) is 11.7 Å². The topological polar surface area (TPSA) is 32.3 Å². The summed E-state index contributed by atoms with van der Waals surface area (Å²) < 4.78 is 13.7. The Hall–Kier alpha value is -0.930. The molecule has 1 aromatic carbocycles. The van der Waals surface area contributed by atoms with Crippen molar-refractivity contribution in [2.75, 3.05) is 6.54 Å². The van der Waals surface area contributed by atoms with Gasteiger partial charge in [0.25, 0.3) is 0 Å². The van der Waals surface area contributed by atoms with Crippen molar-refractivity contribution in [3.8, 4) is 0 Å². The summed E-state index contributed by atoms with van der Waals surface area (Å²) in [6.07, 6.45) is 7.40. The molecule has 0 saturated heterocycles. The molecule has 0 bridgehead atoms. The molecule has 2 aliphatic rings. The van der Waals surface area contributed by atoms with E-state index in [1.54, 1.807) is 6.07 Å². The van der Waals surface area contributed by atoms with Crippen molar-refractivity contribution >= 4 is 0 Å². The third-order valence-corrected chi connectivity index (χ3v) is 4.99. The van der Waals surface area contributed by atoms with Gasteiger partial charge < -0.3 is 10.4 Å². The highest BCUT2D eigenvalue weighted by Crippen LogP contribution is 2.37. The molecule has 0 aliphatic heterocycles. The zero-order chi connectivity index (χ0) is 13.9. The van der Waals surface area contributed by atoms with Crippen molar-refractivity contribution in [1.82, 2.24) is 5.32 Å². The van der Waals surface area contributed by atoms with Crippen molar-refractivity contribution in [3.05, 3.63) is 35.1 Å². The van der Waals surface area contributed by atoms with Crippen LogP contribution < -0.4 is 5.32 Å². The number of benzene rings is 1. The van der Waals surface area contributed by atoms with Crippen LogP contribution in [0.3, 0.4) is 0 Å². The number of halogens is 1. The summed E-state index contributed by atoms with van der Waals surface area (Å²) in [4.78, 5) is 0. The van der Waals surface area contributed by atoms with Crippen LogP contribution in [0.2, 0.25) is 0 Å². The molecule has 0 amide bonds. The summed E-state index contributed by atoms with van der Waals surface area (Å²) in [6, 6.07) is 5.75. The molecule has 2 nitrogen and oxygen atoms in total. The molecule has 2 N–H and O–H groups in total. The summed E-state index contributed by atoms with van der Waals surface area (Å²) in [5.41, 5.74) is 1.53. The first-order chi connectivity index (χ1) is 9.75. The predicted octanol–water partition coefficient (Wildman–Crippen LogP) is 3.34. The molecule has 1 saturated carbocycles. The van der Waals surface area contributed by atoms with Crippen molar-refractivity contribution in [3.63, 3.8) is 0 Å². The van der Waals surface area contributed by atoms with E-state index in [0.717, 1.165) is 36.9 Å². The number of hydrogen-bond donors (Lipinski definition) is 2. The van der Waals surface area contributed by atoms with Crippen LogP contribution in [0.5, 0.6) is 0 Å². The third-order valence-electron chi connectivity index (χ3n) is 4.99. The molecule has 1 aromatic rings. The van der Waals surface area contributed by atoms with E-state index in [2.05, 4.69) is 5.32 Å². The molecule has 2 aliphatic carbocycles. The van der Waals surface area contributed by atoms with E-state index in [4.69, 9.17) is 0 Å².